The number of carbonyl (C=O) groups is 1. The van der Waals surface area contributed by atoms with E-state index in [0.29, 0.717) is 38.9 Å². The Morgan fingerprint density at radius 3 is 2.85 bits per heavy atom. The van der Waals surface area contributed by atoms with Crippen LogP contribution in [0, 0.1) is 5.89 Å². The maximum absolute atomic E-state index is 11.6. The first kappa shape index (κ1) is 7.94. The molecule has 0 bridgehead atoms. The van der Waals surface area contributed by atoms with E-state index in [4.69, 9.17) is 10.8 Å². The van der Waals surface area contributed by atoms with E-state index in [1.165, 1.54) is 0 Å². The fourth-order valence-corrected chi connectivity index (χ4v) is 1.95. The molecular formula is C10H16O3. The predicted molar refractivity (Wildman–Crippen MR) is 47.3 cm³/mol. The highest BCUT2D eigenvalue weighted by Crippen LogP contribution is 2.35. The summed E-state index contributed by atoms with van der Waals surface area (Å²) in [4.78, 5) is 11.6. The van der Waals surface area contributed by atoms with Crippen LogP contribution in [0.2, 0.25) is 0 Å². The summed E-state index contributed by atoms with van der Waals surface area (Å²) in [5, 5.41) is 0. The molecule has 1 atom stereocenters. The van der Waals surface area contributed by atoms with Crippen molar-refractivity contribution < 1.29 is 15.6 Å². The summed E-state index contributed by atoms with van der Waals surface area (Å²) in [5.74, 6) is -1.48. The first-order valence-electron chi connectivity index (χ1n) is 5.35. The van der Waals surface area contributed by atoms with E-state index in [1.54, 1.807) is 6.92 Å². The monoisotopic (exact) mass is 185 g/mol. The maximum atomic E-state index is 11.6. The van der Waals surface area contributed by atoms with Gasteiger partial charge in [0.05, 0.1) is 13.2 Å². The highest BCUT2D eigenvalue weighted by Gasteiger charge is 2.39. The molecule has 2 fully saturated rings. The van der Waals surface area contributed by atoms with E-state index < -0.39 is 11.7 Å². The summed E-state index contributed by atoms with van der Waals surface area (Å²) < 4.78 is 18.9. The summed E-state index contributed by atoms with van der Waals surface area (Å²) in [6.45, 7) is 2.91. The van der Waals surface area contributed by atoms with E-state index in [0.717, 1.165) is 0 Å². The zero-order valence-electron chi connectivity index (χ0n) is 8.97. The second kappa shape index (κ2) is 3.39. The van der Waals surface area contributed by atoms with E-state index in [1.807, 2.05) is 0 Å². The highest BCUT2D eigenvalue weighted by atomic mass is 16.7. The molecule has 2 aliphatic rings. The van der Waals surface area contributed by atoms with Gasteiger partial charge in [-0.05, 0) is 6.42 Å². The van der Waals surface area contributed by atoms with Crippen molar-refractivity contribution in [2.45, 2.75) is 38.4 Å². The molecule has 1 aliphatic carbocycles. The Bertz CT molecular complexity index is 244. The summed E-state index contributed by atoms with van der Waals surface area (Å²) in [6.07, 6.45) is 2.21. The summed E-state index contributed by atoms with van der Waals surface area (Å²) in [5.41, 5.74) is 0. The number of Topliss-reactive ketones (excluding diaryl/α,β-unsaturated/α-hetero) is 1. The molecule has 1 aliphatic heterocycles. The average Bonchev–Trinajstić information content (AvgIpc) is 2.56. The van der Waals surface area contributed by atoms with Gasteiger partial charge < -0.3 is 9.47 Å². The van der Waals surface area contributed by atoms with Gasteiger partial charge in [-0.1, -0.05) is 6.92 Å². The summed E-state index contributed by atoms with van der Waals surface area (Å²) in [6, 6.07) is 0. The lowest BCUT2D eigenvalue weighted by Crippen LogP contribution is -2.29. The van der Waals surface area contributed by atoms with Gasteiger partial charge in [0.25, 0.3) is 0 Å². The second-order valence-corrected chi connectivity index (χ2v) is 3.81. The lowest BCUT2D eigenvalue weighted by atomic mass is 10.0. The number of ketones is 1. The van der Waals surface area contributed by atoms with E-state index in [2.05, 4.69) is 0 Å². The molecule has 0 radical (unpaired) electrons. The first-order valence-corrected chi connectivity index (χ1v) is 4.85. The summed E-state index contributed by atoms with van der Waals surface area (Å²) >= 11 is 0. The molecule has 1 saturated carbocycles. The van der Waals surface area contributed by atoms with E-state index in [-0.39, 0.29) is 5.78 Å². The minimum atomic E-state index is -0.946. The van der Waals surface area contributed by atoms with Gasteiger partial charge in [0.1, 0.15) is 5.78 Å². The van der Waals surface area contributed by atoms with Crippen LogP contribution in [0.25, 0.3) is 0 Å². The number of carbonyl (C=O) groups excluding carboxylic acids is 1. The van der Waals surface area contributed by atoms with Crippen molar-refractivity contribution >= 4 is 5.78 Å². The van der Waals surface area contributed by atoms with Crippen molar-refractivity contribution in [1.29, 1.82) is 0 Å². The molecule has 3 nitrogen and oxygen atoms in total. The molecule has 1 heterocycles. The van der Waals surface area contributed by atoms with Gasteiger partial charge in [-0.25, -0.2) is 0 Å². The molecule has 13 heavy (non-hydrogen) atoms. The lowest BCUT2D eigenvalue weighted by Gasteiger charge is -2.24. The molecule has 74 valence electrons. The van der Waals surface area contributed by atoms with Gasteiger partial charge in [0.2, 0.25) is 0 Å². The topological polar surface area (TPSA) is 35.5 Å². The number of hydrogen-bond acceptors (Lipinski definition) is 3. The third kappa shape index (κ3) is 1.76. The largest absolute Gasteiger partial charge is 0.348 e. The van der Waals surface area contributed by atoms with Gasteiger partial charge >= 0.3 is 0 Å². The van der Waals surface area contributed by atoms with Crippen molar-refractivity contribution in [3.63, 3.8) is 0 Å². The smallest absolute Gasteiger partial charge is 0.168 e. The van der Waals surface area contributed by atoms with Crippen LogP contribution in [-0.2, 0) is 14.3 Å². The second-order valence-electron chi connectivity index (χ2n) is 3.81. The van der Waals surface area contributed by atoms with Crippen LogP contribution in [0.4, 0.5) is 0 Å². The molecule has 0 aromatic carbocycles. The van der Waals surface area contributed by atoms with Crippen LogP contribution in [-0.4, -0.2) is 24.8 Å². The number of hydrogen-bond donors (Lipinski definition) is 0. The molecule has 1 saturated heterocycles. The summed E-state index contributed by atoms with van der Waals surface area (Å²) in [7, 11) is 0. The molecule has 3 heteroatoms. The molecule has 0 aromatic rings. The quantitative estimate of drug-likeness (QED) is 0.574. The Labute approximate surface area is 79.8 Å². The van der Waals surface area contributed by atoms with Crippen LogP contribution in [0.15, 0.2) is 0 Å². The van der Waals surface area contributed by atoms with Crippen molar-refractivity contribution in [3.8, 4) is 0 Å². The zero-order chi connectivity index (χ0) is 10.2. The normalized spacial score (nSPS) is 40.4. The van der Waals surface area contributed by atoms with Crippen molar-refractivity contribution in [3.05, 3.63) is 0 Å². The predicted octanol–water partition coefficient (Wildman–Crippen LogP) is 1.51. The van der Waals surface area contributed by atoms with Gasteiger partial charge in [0, 0.05) is 26.5 Å². The van der Waals surface area contributed by atoms with Crippen molar-refractivity contribution in [1.82, 2.24) is 0 Å². The third-order valence-electron chi connectivity index (χ3n) is 2.90. The Kier molecular flexibility index (Phi) is 2.07. The molecule has 2 rings (SSSR count). The van der Waals surface area contributed by atoms with Gasteiger partial charge in [-0.2, -0.15) is 0 Å². The molecule has 1 unspecified atom stereocenters. The molecular weight excluding hydrogens is 168 g/mol. The van der Waals surface area contributed by atoms with Crippen LogP contribution in [0.3, 0.4) is 0 Å². The van der Waals surface area contributed by atoms with Crippen molar-refractivity contribution in [2.75, 3.05) is 13.2 Å². The minimum absolute atomic E-state index is 0.00785. The minimum Gasteiger partial charge on any atom is -0.348 e. The van der Waals surface area contributed by atoms with E-state index >= 15 is 0 Å². The standard InChI is InChI=1S/C10H16O3/c1-8-2-4-10(5-3-9(8)11)12-6-7-13-10/h8H,2-7H2,1H3/i8D. The SMILES string of the molecule is [2H]C1(C)CCC2(CCC1=O)OCCO2. The van der Waals surface area contributed by atoms with Crippen LogP contribution >= 0.6 is 0 Å². The lowest BCUT2D eigenvalue weighted by molar-refractivity contribution is -0.166. The van der Waals surface area contributed by atoms with Crippen molar-refractivity contribution in [2.24, 2.45) is 5.89 Å². The van der Waals surface area contributed by atoms with E-state index in [9.17, 15) is 4.79 Å². The zero-order valence-corrected chi connectivity index (χ0v) is 7.97. The highest BCUT2D eigenvalue weighted by molar-refractivity contribution is 5.80. The Morgan fingerprint density at radius 1 is 1.46 bits per heavy atom. The third-order valence-corrected chi connectivity index (χ3v) is 2.90. The van der Waals surface area contributed by atoms with Gasteiger partial charge in [-0.15, -0.1) is 0 Å². The Morgan fingerprint density at radius 2 is 2.15 bits per heavy atom. The maximum Gasteiger partial charge on any atom is 0.168 e. The fraction of sp³-hybridized carbons (Fsp3) is 0.900. The first-order chi connectivity index (χ1) is 6.54. The number of ether oxygens (including phenoxy) is 2. The molecule has 0 amide bonds. The fourth-order valence-electron chi connectivity index (χ4n) is 1.95. The molecule has 0 aromatic heterocycles. The molecule has 0 N–H and O–H groups in total. The Balaban J connectivity index is 2.10. The van der Waals surface area contributed by atoms with Gasteiger partial charge in [0.15, 0.2) is 5.79 Å². The van der Waals surface area contributed by atoms with Gasteiger partial charge in [-0.3, -0.25) is 4.79 Å². The van der Waals surface area contributed by atoms with Crippen LogP contribution in [0.1, 0.15) is 34.0 Å². The van der Waals surface area contributed by atoms with Crippen LogP contribution in [0.5, 0.6) is 0 Å². The van der Waals surface area contributed by atoms with Crippen LogP contribution < -0.4 is 0 Å². The Hall–Kier alpha value is -0.410. The average molecular weight is 185 g/mol. The number of rotatable bonds is 0. The molecule has 1 spiro atoms.